The molecule has 0 fully saturated rings. The van der Waals surface area contributed by atoms with Gasteiger partial charge in [0.2, 0.25) is 0 Å². The minimum atomic E-state index is 0.527. The van der Waals surface area contributed by atoms with E-state index >= 15 is 0 Å². The van der Waals surface area contributed by atoms with Crippen molar-refractivity contribution in [3.8, 4) is 22.3 Å². The monoisotopic (exact) mass is 670 g/mol. The lowest BCUT2D eigenvalue weighted by Crippen LogP contribution is -2.17. The molecule has 0 aliphatic carbocycles. The van der Waals surface area contributed by atoms with Gasteiger partial charge in [0.15, 0.2) is 0 Å². The van der Waals surface area contributed by atoms with Crippen molar-refractivity contribution in [3.05, 3.63) is 197 Å². The molecule has 1 heterocycles. The topological polar surface area (TPSA) is 49.9 Å². The lowest BCUT2D eigenvalue weighted by Gasteiger charge is -2.09. The van der Waals surface area contributed by atoms with Gasteiger partial charge in [-0.2, -0.15) is 0 Å². The number of nitrogens with one attached hydrogen (secondary N) is 1. The molecule has 0 unspecified atom stereocenters. The van der Waals surface area contributed by atoms with Gasteiger partial charge in [-0.1, -0.05) is 170 Å². The fraction of sp³-hybridized carbons (Fsp3) is 0.0851. The van der Waals surface area contributed by atoms with Crippen LogP contribution in [0, 0.1) is 12.3 Å². The third-order valence-electron chi connectivity index (χ3n) is 8.10. The summed E-state index contributed by atoms with van der Waals surface area (Å²) in [7, 11) is 1.50. The number of rotatable bonds is 8. The van der Waals surface area contributed by atoms with Crippen LogP contribution in [-0.4, -0.2) is 12.8 Å². The molecule has 0 atom stereocenters. The fourth-order valence-corrected chi connectivity index (χ4v) is 6.72. The summed E-state index contributed by atoms with van der Waals surface area (Å²) in [5.41, 5.74) is 15.2. The Hall–Kier alpha value is -5.61. The highest BCUT2D eigenvalue weighted by Crippen LogP contribution is 2.26. The Morgan fingerprint density at radius 3 is 1.90 bits per heavy atom. The first-order valence-corrected chi connectivity index (χ1v) is 17.5. The molecule has 0 amide bonds. The first kappa shape index (κ1) is 37.2. The molecular formula is C47H46N2S. The summed E-state index contributed by atoms with van der Waals surface area (Å²) in [4.78, 5) is 0. The minimum absolute atomic E-state index is 0.527. The van der Waals surface area contributed by atoms with Gasteiger partial charge in [0, 0.05) is 25.7 Å². The van der Waals surface area contributed by atoms with Gasteiger partial charge in [-0.3, -0.25) is 5.41 Å². The smallest absolute Gasteiger partial charge is 0.0685 e. The molecule has 50 heavy (non-hydrogen) atoms. The Morgan fingerprint density at radius 1 is 0.660 bits per heavy atom. The summed E-state index contributed by atoms with van der Waals surface area (Å²) < 4.78 is 2.42. The molecule has 3 heteroatoms. The number of allylic oxidation sites excluding steroid dienone is 6. The molecule has 0 radical (unpaired) electrons. The molecule has 0 saturated heterocycles. The van der Waals surface area contributed by atoms with Crippen LogP contribution in [0.1, 0.15) is 36.1 Å². The van der Waals surface area contributed by atoms with Gasteiger partial charge in [-0.15, -0.1) is 11.3 Å². The van der Waals surface area contributed by atoms with Crippen LogP contribution in [0.3, 0.4) is 0 Å². The van der Waals surface area contributed by atoms with Gasteiger partial charge in [-0.05, 0) is 78.6 Å². The number of hydrogen-bond donors (Lipinski definition) is 2. The van der Waals surface area contributed by atoms with Crippen LogP contribution in [0.25, 0.3) is 50.1 Å². The van der Waals surface area contributed by atoms with Crippen molar-refractivity contribution in [1.29, 1.82) is 5.41 Å². The maximum atomic E-state index is 8.92. The van der Waals surface area contributed by atoms with E-state index in [1.165, 1.54) is 43.6 Å². The summed E-state index contributed by atoms with van der Waals surface area (Å²) >= 11 is 1.75. The van der Waals surface area contributed by atoms with Gasteiger partial charge in [0.05, 0.1) is 5.71 Å². The Bertz CT molecular complexity index is 2230. The van der Waals surface area contributed by atoms with E-state index in [-0.39, 0.29) is 0 Å². The first-order valence-electron chi connectivity index (χ1n) is 16.7. The second-order valence-electron chi connectivity index (χ2n) is 11.4. The number of nitrogens with two attached hydrogens (primary N) is 1. The second-order valence-corrected chi connectivity index (χ2v) is 12.5. The zero-order chi connectivity index (χ0) is 35.9. The maximum Gasteiger partial charge on any atom is 0.0685 e. The molecule has 6 aromatic rings. The Balaban J connectivity index is 0.000000311. The second kappa shape index (κ2) is 18.8. The van der Waals surface area contributed by atoms with Gasteiger partial charge < -0.3 is 5.73 Å². The molecule has 0 aliphatic heterocycles. The minimum Gasteiger partial charge on any atom is -0.333 e. The third-order valence-corrected chi connectivity index (χ3v) is 9.33. The normalized spacial score (nSPS) is 11.8. The highest BCUT2D eigenvalue weighted by molar-refractivity contribution is 7.17. The van der Waals surface area contributed by atoms with Gasteiger partial charge in [0.25, 0.3) is 0 Å². The number of thiophene rings is 1. The molecule has 2 nitrogen and oxygen atoms in total. The van der Waals surface area contributed by atoms with Crippen molar-refractivity contribution in [2.24, 2.45) is 5.73 Å². The lowest BCUT2D eigenvalue weighted by molar-refractivity contribution is 1.46. The number of benzene rings is 5. The van der Waals surface area contributed by atoms with Crippen molar-refractivity contribution in [1.82, 2.24) is 0 Å². The Labute approximate surface area is 301 Å². The van der Waals surface area contributed by atoms with Crippen LogP contribution in [0.2, 0.25) is 0 Å². The molecule has 0 bridgehead atoms. The average molecular weight is 671 g/mol. The van der Waals surface area contributed by atoms with E-state index in [1.54, 1.807) is 11.3 Å². The van der Waals surface area contributed by atoms with Crippen molar-refractivity contribution in [2.75, 3.05) is 7.05 Å². The van der Waals surface area contributed by atoms with Crippen LogP contribution < -0.4 is 15.5 Å². The summed E-state index contributed by atoms with van der Waals surface area (Å²) in [6, 6.07) is 42.1. The van der Waals surface area contributed by atoms with Crippen LogP contribution in [0.5, 0.6) is 0 Å². The van der Waals surface area contributed by atoms with Gasteiger partial charge in [-0.25, -0.2) is 0 Å². The highest BCUT2D eigenvalue weighted by atomic mass is 32.1. The molecule has 250 valence electrons. The van der Waals surface area contributed by atoms with Gasteiger partial charge >= 0.3 is 0 Å². The fourth-order valence-electron chi connectivity index (χ4n) is 5.60. The standard InChI is InChI=1S/C33H29NS.C13H12.CH5N/c1-5-10-23(11-6-2)24-15-17-25(18-16-24)26-13-9-14-27(21-26)33(34)28-19-20-30-29(12-7-3)31(8-4)35-32(30)22-28;1-11-7-9-13(10-8-11)12-5-3-2-4-6-12;1-2/h5-22,34H,1,3H2,2,4H3;2-10H,1H3;2H2,1H3/b11-6-,23-10+,29-12-,31-8+,34-33?;;. The van der Waals surface area contributed by atoms with E-state index in [4.69, 9.17) is 5.41 Å². The predicted octanol–water partition coefficient (Wildman–Crippen LogP) is 11.1. The van der Waals surface area contributed by atoms with E-state index in [0.717, 1.165) is 33.4 Å². The molecule has 3 N–H and O–H groups in total. The SMILES string of the molecule is C=C/C=c1\c(=C/C)sc2cc(C(=N)c3cccc(-c4ccc(C(/C=C\C)=C/C=C)cc4)c3)ccc12.CN.Cc1ccc(-c2ccccc2)cc1. The average Bonchev–Trinajstić information content (AvgIpc) is 3.53. The highest BCUT2D eigenvalue weighted by Gasteiger charge is 2.10. The molecule has 5 aromatic carbocycles. The van der Waals surface area contributed by atoms with Crippen molar-refractivity contribution >= 4 is 44.9 Å². The third kappa shape index (κ3) is 9.29. The van der Waals surface area contributed by atoms with Crippen LogP contribution in [0.4, 0.5) is 0 Å². The van der Waals surface area contributed by atoms with E-state index in [2.05, 4.69) is 148 Å². The maximum absolute atomic E-state index is 8.92. The van der Waals surface area contributed by atoms with E-state index in [9.17, 15) is 0 Å². The number of aryl methyl sites for hydroxylation is 1. The Morgan fingerprint density at radius 2 is 1.26 bits per heavy atom. The summed E-state index contributed by atoms with van der Waals surface area (Å²) in [5, 5.41) is 11.3. The summed E-state index contributed by atoms with van der Waals surface area (Å²) in [5.74, 6) is 0. The zero-order valence-electron chi connectivity index (χ0n) is 29.5. The molecule has 6 rings (SSSR count). The first-order chi connectivity index (χ1) is 24.4. The number of fused-ring (bicyclic) bond motifs is 1. The van der Waals surface area contributed by atoms with E-state index in [0.29, 0.717) is 5.71 Å². The number of hydrogen-bond acceptors (Lipinski definition) is 3. The largest absolute Gasteiger partial charge is 0.333 e. The predicted molar refractivity (Wildman–Crippen MR) is 223 cm³/mol. The zero-order valence-corrected chi connectivity index (χ0v) is 30.3. The quantitative estimate of drug-likeness (QED) is 0.123. The lowest BCUT2D eigenvalue weighted by atomic mass is 9.96. The van der Waals surface area contributed by atoms with Crippen LogP contribution in [0.15, 0.2) is 165 Å². The van der Waals surface area contributed by atoms with Crippen LogP contribution >= 0.6 is 11.3 Å². The van der Waals surface area contributed by atoms with Gasteiger partial charge in [0.1, 0.15) is 0 Å². The van der Waals surface area contributed by atoms with E-state index in [1.807, 2.05) is 55.5 Å². The molecule has 0 saturated carbocycles. The van der Waals surface area contributed by atoms with Crippen molar-refractivity contribution < 1.29 is 0 Å². The molecule has 1 aromatic heterocycles. The Kier molecular flexibility index (Phi) is 14.0. The van der Waals surface area contributed by atoms with Crippen molar-refractivity contribution in [3.63, 3.8) is 0 Å². The van der Waals surface area contributed by atoms with E-state index < -0.39 is 0 Å². The molecule has 0 aliphatic rings. The summed E-state index contributed by atoms with van der Waals surface area (Å²) in [6.07, 6.45) is 14.0. The molecular weight excluding hydrogens is 625 g/mol. The summed E-state index contributed by atoms with van der Waals surface area (Å²) in [6.45, 7) is 13.9. The van der Waals surface area contributed by atoms with Crippen molar-refractivity contribution in [2.45, 2.75) is 20.8 Å². The van der Waals surface area contributed by atoms with Crippen LogP contribution in [-0.2, 0) is 0 Å². The molecule has 0 spiro atoms.